The largest absolute Gasteiger partial charge is 0.495 e. The maximum absolute atomic E-state index is 13.7. The summed E-state index contributed by atoms with van der Waals surface area (Å²) in [5.41, 5.74) is 11.7. The number of piperazine rings is 1. The molecule has 4 N–H and O–H groups in total. The molecule has 15 heteroatoms. The number of nitrogens with zero attached hydrogens (tertiary/aromatic N) is 3. The van der Waals surface area contributed by atoms with Gasteiger partial charge in [0.2, 0.25) is 16.0 Å². The number of oxime groups is 1. The van der Waals surface area contributed by atoms with Gasteiger partial charge in [-0.05, 0) is 48.5 Å². The SMILES string of the molecule is COc1ccccc1N1CCN(S(=O)(=O)c2ccccc2S(=O)(=O)Oc2cccc(OCCCON=C(N)N)c2C)CC1. The van der Waals surface area contributed by atoms with Crippen LogP contribution in [0.25, 0.3) is 0 Å². The van der Waals surface area contributed by atoms with Crippen LogP contribution < -0.4 is 30.0 Å². The van der Waals surface area contributed by atoms with Crippen molar-refractivity contribution in [2.24, 2.45) is 16.6 Å². The van der Waals surface area contributed by atoms with Crippen molar-refractivity contribution in [1.29, 1.82) is 0 Å². The molecule has 232 valence electrons. The van der Waals surface area contributed by atoms with Gasteiger partial charge in [0.05, 0.1) is 19.4 Å². The van der Waals surface area contributed by atoms with Gasteiger partial charge in [0.15, 0.2) is 0 Å². The van der Waals surface area contributed by atoms with Crippen molar-refractivity contribution in [3.8, 4) is 17.2 Å². The second-order valence-corrected chi connectivity index (χ2v) is 12.9. The fourth-order valence-corrected chi connectivity index (χ4v) is 7.68. The van der Waals surface area contributed by atoms with E-state index in [9.17, 15) is 16.8 Å². The lowest BCUT2D eigenvalue weighted by Crippen LogP contribution is -2.49. The Kier molecular flexibility index (Phi) is 10.2. The van der Waals surface area contributed by atoms with Crippen LogP contribution in [0.3, 0.4) is 0 Å². The monoisotopic (exact) mass is 633 g/mol. The average molecular weight is 634 g/mol. The Labute approximate surface area is 251 Å². The normalized spacial score (nSPS) is 14.1. The van der Waals surface area contributed by atoms with Crippen LogP contribution in [0.5, 0.6) is 17.2 Å². The number of sulfonamides is 1. The summed E-state index contributed by atoms with van der Waals surface area (Å²) in [6.45, 7) is 3.20. The molecular formula is C28H35N5O8S2. The Hall–Kier alpha value is -4.21. The van der Waals surface area contributed by atoms with E-state index in [1.54, 1.807) is 26.2 Å². The van der Waals surface area contributed by atoms with Crippen molar-refractivity contribution in [2.75, 3.05) is 51.4 Å². The van der Waals surface area contributed by atoms with Crippen LogP contribution in [0, 0.1) is 6.92 Å². The highest BCUT2D eigenvalue weighted by Crippen LogP contribution is 2.33. The van der Waals surface area contributed by atoms with Crippen molar-refractivity contribution < 1.29 is 35.3 Å². The van der Waals surface area contributed by atoms with Crippen molar-refractivity contribution >= 4 is 31.8 Å². The first-order valence-electron chi connectivity index (χ1n) is 13.4. The molecule has 0 atom stereocenters. The lowest BCUT2D eigenvalue weighted by Gasteiger charge is -2.36. The van der Waals surface area contributed by atoms with Gasteiger partial charge in [-0.3, -0.25) is 0 Å². The quantitative estimate of drug-likeness (QED) is 0.0928. The van der Waals surface area contributed by atoms with Gasteiger partial charge in [-0.15, -0.1) is 0 Å². The summed E-state index contributed by atoms with van der Waals surface area (Å²) in [6.07, 6.45) is 0.456. The second-order valence-electron chi connectivity index (χ2n) is 9.48. The Morgan fingerprint density at radius 2 is 1.44 bits per heavy atom. The highest BCUT2D eigenvalue weighted by molar-refractivity contribution is 7.91. The van der Waals surface area contributed by atoms with E-state index in [-0.39, 0.29) is 42.9 Å². The van der Waals surface area contributed by atoms with Crippen molar-refractivity contribution in [1.82, 2.24) is 4.31 Å². The topological polar surface area (TPSA) is 176 Å². The minimum Gasteiger partial charge on any atom is -0.495 e. The third-order valence-corrected chi connectivity index (χ3v) is 10.0. The molecule has 1 heterocycles. The van der Waals surface area contributed by atoms with E-state index in [2.05, 4.69) is 5.16 Å². The molecule has 0 amide bonds. The number of hydrogen-bond acceptors (Lipinski definition) is 10. The number of para-hydroxylation sites is 2. The van der Waals surface area contributed by atoms with Crippen LogP contribution in [0.2, 0.25) is 0 Å². The molecule has 13 nitrogen and oxygen atoms in total. The van der Waals surface area contributed by atoms with Gasteiger partial charge in [0.1, 0.15) is 33.6 Å². The number of anilines is 1. The third-order valence-electron chi connectivity index (χ3n) is 6.64. The molecule has 0 bridgehead atoms. The van der Waals surface area contributed by atoms with E-state index in [0.29, 0.717) is 36.6 Å². The third kappa shape index (κ3) is 7.60. The van der Waals surface area contributed by atoms with E-state index in [1.807, 2.05) is 29.2 Å². The van der Waals surface area contributed by atoms with Crippen LogP contribution in [0.4, 0.5) is 5.69 Å². The number of hydrogen-bond donors (Lipinski definition) is 2. The molecule has 0 unspecified atom stereocenters. The molecule has 1 fully saturated rings. The predicted molar refractivity (Wildman–Crippen MR) is 161 cm³/mol. The summed E-state index contributed by atoms with van der Waals surface area (Å²) < 4.78 is 72.4. The van der Waals surface area contributed by atoms with Crippen LogP contribution >= 0.6 is 0 Å². The first kappa shape index (κ1) is 31.7. The van der Waals surface area contributed by atoms with Gasteiger partial charge in [-0.1, -0.05) is 30.3 Å². The maximum Gasteiger partial charge on any atom is 0.340 e. The summed E-state index contributed by atoms with van der Waals surface area (Å²) >= 11 is 0. The summed E-state index contributed by atoms with van der Waals surface area (Å²) in [6, 6.07) is 17.6. The molecular weight excluding hydrogens is 598 g/mol. The maximum atomic E-state index is 13.7. The lowest BCUT2D eigenvalue weighted by atomic mass is 10.2. The number of benzene rings is 3. The molecule has 3 aromatic rings. The fourth-order valence-electron chi connectivity index (χ4n) is 4.50. The zero-order valence-corrected chi connectivity index (χ0v) is 25.5. The number of guanidine groups is 1. The van der Waals surface area contributed by atoms with Crippen LogP contribution in [-0.2, 0) is 25.0 Å². The second kappa shape index (κ2) is 13.8. The molecule has 0 aliphatic carbocycles. The van der Waals surface area contributed by atoms with Gasteiger partial charge < -0.3 is 34.9 Å². The van der Waals surface area contributed by atoms with E-state index < -0.39 is 25.0 Å². The first-order chi connectivity index (χ1) is 20.5. The molecule has 0 spiro atoms. The Bertz CT molecular complexity index is 1650. The van der Waals surface area contributed by atoms with E-state index in [4.69, 9.17) is 30.0 Å². The van der Waals surface area contributed by atoms with Gasteiger partial charge >= 0.3 is 10.1 Å². The molecule has 1 saturated heterocycles. The van der Waals surface area contributed by atoms with Gasteiger partial charge in [-0.2, -0.15) is 12.7 Å². The van der Waals surface area contributed by atoms with E-state index in [0.717, 1.165) is 5.69 Å². The van der Waals surface area contributed by atoms with Gasteiger partial charge in [0, 0.05) is 38.2 Å². The molecule has 43 heavy (non-hydrogen) atoms. The first-order valence-corrected chi connectivity index (χ1v) is 16.2. The Balaban J connectivity index is 1.48. The van der Waals surface area contributed by atoms with Gasteiger partial charge in [-0.25, -0.2) is 8.42 Å². The summed E-state index contributed by atoms with van der Waals surface area (Å²) in [5, 5.41) is 3.42. The molecule has 0 radical (unpaired) electrons. The highest BCUT2D eigenvalue weighted by atomic mass is 32.2. The van der Waals surface area contributed by atoms with Crippen LogP contribution in [0.15, 0.2) is 81.7 Å². The molecule has 1 aliphatic heterocycles. The lowest BCUT2D eigenvalue weighted by molar-refractivity contribution is 0.127. The molecule has 1 aliphatic rings. The van der Waals surface area contributed by atoms with Crippen molar-refractivity contribution in [2.45, 2.75) is 23.1 Å². The molecule has 0 aromatic heterocycles. The van der Waals surface area contributed by atoms with E-state index in [1.165, 1.54) is 34.6 Å². The van der Waals surface area contributed by atoms with Gasteiger partial charge in [0.25, 0.3) is 0 Å². The zero-order chi connectivity index (χ0) is 31.0. The smallest absolute Gasteiger partial charge is 0.340 e. The average Bonchev–Trinajstić information content (AvgIpc) is 3.00. The zero-order valence-electron chi connectivity index (χ0n) is 23.9. The minimum absolute atomic E-state index is 0.00637. The number of ether oxygens (including phenoxy) is 2. The summed E-state index contributed by atoms with van der Waals surface area (Å²) in [5.74, 6) is 0.896. The standard InChI is InChI=1S/C28H35N5O8S2/c1-21-23(39-19-8-20-40-31-28(29)30)11-7-12-24(21)41-43(36,37)27-14-6-5-13-26(27)42(34,35)33-17-15-32(16-18-33)22-9-3-4-10-25(22)38-2/h3-7,9-14H,8,15-20H2,1-2H3,(H4,29,30,31). The summed E-state index contributed by atoms with van der Waals surface area (Å²) in [7, 11) is -7.15. The number of rotatable bonds is 13. The molecule has 0 saturated carbocycles. The van der Waals surface area contributed by atoms with E-state index >= 15 is 0 Å². The summed E-state index contributed by atoms with van der Waals surface area (Å²) in [4.78, 5) is 6.14. The Morgan fingerprint density at radius 1 is 0.814 bits per heavy atom. The highest BCUT2D eigenvalue weighted by Gasteiger charge is 2.34. The minimum atomic E-state index is -4.56. The van der Waals surface area contributed by atoms with Crippen molar-refractivity contribution in [3.63, 3.8) is 0 Å². The molecule has 3 aromatic carbocycles. The fraction of sp³-hybridized carbons (Fsp3) is 0.321. The Morgan fingerprint density at radius 3 is 2.14 bits per heavy atom. The number of nitrogens with two attached hydrogens (primary N) is 2. The molecule has 4 rings (SSSR count). The van der Waals surface area contributed by atoms with Crippen LogP contribution in [-0.4, -0.2) is 73.6 Å². The predicted octanol–water partition coefficient (Wildman–Crippen LogP) is 2.26. The van der Waals surface area contributed by atoms with Crippen LogP contribution in [0.1, 0.15) is 12.0 Å². The number of methoxy groups -OCH3 is 1. The van der Waals surface area contributed by atoms with Crippen molar-refractivity contribution in [3.05, 3.63) is 72.3 Å².